The Bertz CT molecular complexity index is 1130. The van der Waals surface area contributed by atoms with Crippen molar-refractivity contribution < 1.29 is 14.6 Å². The summed E-state index contributed by atoms with van der Waals surface area (Å²) in [5, 5.41) is 20.0. The highest BCUT2D eigenvalue weighted by molar-refractivity contribution is 5.81. The van der Waals surface area contributed by atoms with Crippen LogP contribution in [0.2, 0.25) is 0 Å². The summed E-state index contributed by atoms with van der Waals surface area (Å²) in [6, 6.07) is 11.4. The molecule has 1 aromatic heterocycles. The Balaban J connectivity index is 1.63. The number of hydrogen-bond acceptors (Lipinski definition) is 4. The number of fused-ring (bicyclic) bond motifs is 1. The number of aromatic hydroxyl groups is 2. The van der Waals surface area contributed by atoms with Crippen LogP contribution in [-0.2, 0) is 6.42 Å². The number of benzene rings is 2. The zero-order valence-electron chi connectivity index (χ0n) is 21.8. The van der Waals surface area contributed by atoms with Crippen molar-refractivity contribution in [1.82, 2.24) is 0 Å². The molecule has 0 aliphatic carbocycles. The van der Waals surface area contributed by atoms with Gasteiger partial charge < -0.3 is 14.6 Å². The Morgan fingerprint density at radius 3 is 1.94 bits per heavy atom. The van der Waals surface area contributed by atoms with Crippen LogP contribution >= 0.6 is 0 Å². The number of phenols is 2. The van der Waals surface area contributed by atoms with Gasteiger partial charge in [-0.2, -0.15) is 0 Å². The summed E-state index contributed by atoms with van der Waals surface area (Å²) in [5.74, 6) is 2.99. The third-order valence-corrected chi connectivity index (χ3v) is 7.09. The molecule has 2 aromatic carbocycles. The van der Waals surface area contributed by atoms with Crippen molar-refractivity contribution in [2.45, 2.75) is 85.5 Å². The second kappa shape index (κ2) is 12.8. The Morgan fingerprint density at radius 2 is 1.31 bits per heavy atom. The minimum absolute atomic E-state index is 0.0557. The van der Waals surface area contributed by atoms with Gasteiger partial charge in [0.15, 0.2) is 5.43 Å². The molecule has 0 radical (unpaired) electrons. The second-order valence-corrected chi connectivity index (χ2v) is 10.8. The molecule has 2 atom stereocenters. The van der Waals surface area contributed by atoms with Gasteiger partial charge in [0.05, 0.1) is 5.39 Å². The van der Waals surface area contributed by atoms with Crippen LogP contribution in [0.3, 0.4) is 0 Å². The van der Waals surface area contributed by atoms with Crippen LogP contribution in [-0.4, -0.2) is 10.2 Å². The van der Waals surface area contributed by atoms with E-state index in [2.05, 4.69) is 27.7 Å². The van der Waals surface area contributed by atoms with Crippen molar-refractivity contribution in [1.29, 1.82) is 0 Å². The van der Waals surface area contributed by atoms with Gasteiger partial charge in [0.25, 0.3) is 0 Å². The molecule has 0 aliphatic rings. The van der Waals surface area contributed by atoms with Crippen LogP contribution in [0.25, 0.3) is 22.3 Å². The minimum Gasteiger partial charge on any atom is -0.508 e. The Labute approximate surface area is 210 Å². The van der Waals surface area contributed by atoms with E-state index < -0.39 is 0 Å². The van der Waals surface area contributed by atoms with Gasteiger partial charge in [-0.25, -0.2) is 0 Å². The maximum atomic E-state index is 13.4. The highest BCUT2D eigenvalue weighted by Crippen LogP contribution is 2.30. The molecule has 0 fully saturated rings. The summed E-state index contributed by atoms with van der Waals surface area (Å²) >= 11 is 0. The van der Waals surface area contributed by atoms with E-state index in [1.807, 2.05) is 0 Å². The van der Waals surface area contributed by atoms with E-state index in [1.165, 1.54) is 50.7 Å². The largest absolute Gasteiger partial charge is 0.508 e. The monoisotopic (exact) mass is 478 g/mol. The summed E-state index contributed by atoms with van der Waals surface area (Å²) in [7, 11) is 0. The third-order valence-electron chi connectivity index (χ3n) is 7.09. The first kappa shape index (κ1) is 26.8. The molecule has 0 saturated heterocycles. The maximum absolute atomic E-state index is 13.4. The van der Waals surface area contributed by atoms with Gasteiger partial charge in [0.2, 0.25) is 0 Å². The fourth-order valence-electron chi connectivity index (χ4n) is 4.90. The van der Waals surface area contributed by atoms with Crippen molar-refractivity contribution in [3.63, 3.8) is 0 Å². The van der Waals surface area contributed by atoms with Gasteiger partial charge in [-0.05, 0) is 73.1 Å². The molecule has 0 amide bonds. The molecule has 3 rings (SSSR count). The van der Waals surface area contributed by atoms with Crippen molar-refractivity contribution in [3.8, 4) is 22.8 Å². The predicted molar refractivity (Wildman–Crippen MR) is 145 cm³/mol. The minimum atomic E-state index is -0.0897. The van der Waals surface area contributed by atoms with Gasteiger partial charge in [-0.1, -0.05) is 72.6 Å². The lowest BCUT2D eigenvalue weighted by molar-refractivity contribution is 0.389. The molecular formula is C31H42O4. The summed E-state index contributed by atoms with van der Waals surface area (Å²) < 4.78 is 6.16. The van der Waals surface area contributed by atoms with E-state index in [1.54, 1.807) is 30.3 Å². The van der Waals surface area contributed by atoms with Crippen molar-refractivity contribution >= 4 is 11.0 Å². The summed E-state index contributed by atoms with van der Waals surface area (Å²) in [6.07, 6.45) is 10.4. The molecule has 0 saturated carbocycles. The van der Waals surface area contributed by atoms with Gasteiger partial charge >= 0.3 is 0 Å². The smallest absolute Gasteiger partial charge is 0.196 e. The predicted octanol–water partition coefficient (Wildman–Crippen LogP) is 8.46. The Kier molecular flexibility index (Phi) is 9.83. The molecule has 0 aliphatic heterocycles. The van der Waals surface area contributed by atoms with Gasteiger partial charge in [-0.3, -0.25) is 4.79 Å². The molecule has 4 nitrogen and oxygen atoms in total. The topological polar surface area (TPSA) is 70.7 Å². The van der Waals surface area contributed by atoms with Crippen LogP contribution in [0.4, 0.5) is 0 Å². The lowest BCUT2D eigenvalue weighted by Gasteiger charge is -2.15. The van der Waals surface area contributed by atoms with Crippen LogP contribution in [0.15, 0.2) is 51.7 Å². The van der Waals surface area contributed by atoms with Crippen LogP contribution in [0, 0.1) is 17.8 Å². The van der Waals surface area contributed by atoms with E-state index in [-0.39, 0.29) is 16.9 Å². The van der Waals surface area contributed by atoms with E-state index in [0.29, 0.717) is 34.6 Å². The van der Waals surface area contributed by atoms with E-state index in [9.17, 15) is 15.0 Å². The highest BCUT2D eigenvalue weighted by atomic mass is 16.3. The maximum Gasteiger partial charge on any atom is 0.196 e. The summed E-state index contributed by atoms with van der Waals surface area (Å²) in [5.41, 5.74) is 1.77. The molecule has 35 heavy (non-hydrogen) atoms. The second-order valence-electron chi connectivity index (χ2n) is 10.8. The molecule has 1 heterocycles. The molecule has 3 aromatic rings. The zero-order valence-corrected chi connectivity index (χ0v) is 21.8. The fraction of sp³-hybridized carbons (Fsp3) is 0.516. The number of hydrogen-bond donors (Lipinski definition) is 2. The molecule has 190 valence electrons. The molecule has 4 heteroatoms. The highest BCUT2D eigenvalue weighted by Gasteiger charge is 2.17. The number of phenolic OH excluding ortho intramolecular Hbond substituents is 2. The van der Waals surface area contributed by atoms with Crippen LogP contribution in [0.1, 0.15) is 84.6 Å². The first-order valence-corrected chi connectivity index (χ1v) is 13.3. The lowest BCUT2D eigenvalue weighted by atomic mass is 9.91. The van der Waals surface area contributed by atoms with E-state index >= 15 is 0 Å². The van der Waals surface area contributed by atoms with E-state index in [0.717, 1.165) is 30.2 Å². The number of rotatable bonds is 13. The Morgan fingerprint density at radius 1 is 0.743 bits per heavy atom. The molecular weight excluding hydrogens is 436 g/mol. The van der Waals surface area contributed by atoms with Crippen molar-refractivity contribution in [3.05, 3.63) is 58.3 Å². The van der Waals surface area contributed by atoms with Gasteiger partial charge in [0.1, 0.15) is 22.8 Å². The first-order valence-electron chi connectivity index (χ1n) is 13.3. The third kappa shape index (κ3) is 7.88. The zero-order chi connectivity index (χ0) is 25.4. The molecule has 0 bridgehead atoms. The lowest BCUT2D eigenvalue weighted by Crippen LogP contribution is -2.12. The van der Waals surface area contributed by atoms with Gasteiger partial charge in [-0.15, -0.1) is 0 Å². The standard InChI is InChI=1S/C31H42O4/c1-21(2)8-5-9-22(3)10-6-11-23(4)12-7-13-27-30(34)28-20-26(33)18-19-29(28)35-31(27)24-14-16-25(32)17-15-24/h14-23,32-33H,5-13H2,1-4H3/t22-,23-/m1/s1. The average Bonchev–Trinajstić information content (AvgIpc) is 2.81. The van der Waals surface area contributed by atoms with E-state index in [4.69, 9.17) is 4.42 Å². The van der Waals surface area contributed by atoms with Gasteiger partial charge in [0, 0.05) is 11.1 Å². The molecule has 0 spiro atoms. The average molecular weight is 479 g/mol. The summed E-state index contributed by atoms with van der Waals surface area (Å²) in [6.45, 7) is 9.29. The van der Waals surface area contributed by atoms with Crippen molar-refractivity contribution in [2.24, 2.45) is 17.8 Å². The fourth-order valence-corrected chi connectivity index (χ4v) is 4.90. The van der Waals surface area contributed by atoms with Crippen LogP contribution < -0.4 is 5.43 Å². The molecule has 0 unspecified atom stereocenters. The SMILES string of the molecule is CC(C)CCC[C@@H](C)CCC[C@@H](C)CCCc1c(-c2ccc(O)cc2)oc2ccc(O)cc2c1=O. The van der Waals surface area contributed by atoms with Crippen LogP contribution in [0.5, 0.6) is 11.5 Å². The summed E-state index contributed by atoms with van der Waals surface area (Å²) in [4.78, 5) is 13.4. The normalized spacial score (nSPS) is 13.4. The molecule has 2 N–H and O–H groups in total. The first-order chi connectivity index (χ1) is 16.7. The Hall–Kier alpha value is -2.75. The van der Waals surface area contributed by atoms with Crippen molar-refractivity contribution in [2.75, 3.05) is 0 Å². The quantitative estimate of drug-likeness (QED) is 0.258.